The van der Waals surface area contributed by atoms with Crippen molar-refractivity contribution in [3.63, 3.8) is 0 Å². The molecule has 2 aliphatic rings. The number of unbranched alkanes of at least 4 members (excludes halogenated alkanes) is 3. The molecular weight excluding hydrogens is 456 g/mol. The summed E-state index contributed by atoms with van der Waals surface area (Å²) in [7, 11) is 0. The molecule has 0 heterocycles. The average molecular weight is 501 g/mol. The van der Waals surface area contributed by atoms with Gasteiger partial charge in [0.05, 0.1) is 0 Å². The fourth-order valence-electron chi connectivity index (χ4n) is 5.35. The minimum atomic E-state index is -0.384. The van der Waals surface area contributed by atoms with Gasteiger partial charge in [0.15, 0.2) is 5.78 Å². The van der Waals surface area contributed by atoms with Gasteiger partial charge in [0.1, 0.15) is 18.8 Å². The van der Waals surface area contributed by atoms with Crippen LogP contribution in [-0.4, -0.2) is 41.5 Å². The van der Waals surface area contributed by atoms with E-state index in [1.807, 2.05) is 24.3 Å². The highest BCUT2D eigenvalue weighted by Gasteiger charge is 2.32. The lowest BCUT2D eigenvalue weighted by Crippen LogP contribution is -2.45. The second kappa shape index (κ2) is 15.8. The highest BCUT2D eigenvalue weighted by molar-refractivity contribution is 5.90. The Morgan fingerprint density at radius 1 is 0.861 bits per heavy atom. The van der Waals surface area contributed by atoms with Crippen LogP contribution in [0.4, 0.5) is 5.69 Å². The summed E-state index contributed by atoms with van der Waals surface area (Å²) in [6.45, 7) is 0.208. The van der Waals surface area contributed by atoms with Crippen molar-refractivity contribution in [2.24, 2.45) is 5.92 Å². The fourth-order valence-corrected chi connectivity index (χ4v) is 5.35. The van der Waals surface area contributed by atoms with Crippen molar-refractivity contribution >= 4 is 23.3 Å². The van der Waals surface area contributed by atoms with Crippen LogP contribution in [0, 0.1) is 5.92 Å². The van der Waals surface area contributed by atoms with Crippen LogP contribution >= 0.6 is 0 Å². The molecule has 1 amide bonds. The number of esters is 1. The zero-order valence-electron chi connectivity index (χ0n) is 21.6. The lowest BCUT2D eigenvalue weighted by Gasteiger charge is -2.30. The predicted molar refractivity (Wildman–Crippen MR) is 140 cm³/mol. The van der Waals surface area contributed by atoms with Crippen molar-refractivity contribution in [3.05, 3.63) is 29.8 Å². The van der Waals surface area contributed by atoms with Crippen LogP contribution in [0.2, 0.25) is 0 Å². The maximum Gasteiger partial charge on any atom is 0.323 e. The fraction of sp³-hybridized carbons (Fsp3) is 0.690. The van der Waals surface area contributed by atoms with Crippen LogP contribution < -0.4 is 10.6 Å². The Kier molecular flexibility index (Phi) is 12.4. The van der Waals surface area contributed by atoms with Gasteiger partial charge in [-0.15, -0.1) is 0 Å². The standard InChI is InChI=1S/C29H44N2O5/c32-21-25(33)12-6-1-2-7-15-27(34)31-24-18-16-22(17-19-24)20-30-28(23-10-4-3-5-11-23)29(35)36-26-13-8-9-14-26/h16-19,23,26,28,30,32H,1-15,20-21H2,(H,31,34)/t28-/m0/s1. The summed E-state index contributed by atoms with van der Waals surface area (Å²) in [4.78, 5) is 36.3. The van der Waals surface area contributed by atoms with Crippen LogP contribution in [-0.2, 0) is 25.7 Å². The number of amides is 1. The van der Waals surface area contributed by atoms with E-state index < -0.39 is 0 Å². The van der Waals surface area contributed by atoms with Crippen molar-refractivity contribution in [1.82, 2.24) is 5.32 Å². The number of carbonyl (C=O) groups is 3. The number of Topliss-reactive ketones (excluding diaryl/α,β-unsaturated/α-hetero) is 1. The van der Waals surface area contributed by atoms with Crippen molar-refractivity contribution in [1.29, 1.82) is 0 Å². The summed E-state index contributed by atoms with van der Waals surface area (Å²) in [5.41, 5.74) is 1.83. The van der Waals surface area contributed by atoms with E-state index in [-0.39, 0.29) is 36.4 Å². The third kappa shape index (κ3) is 10.0. The van der Waals surface area contributed by atoms with E-state index in [1.165, 1.54) is 19.3 Å². The van der Waals surface area contributed by atoms with Gasteiger partial charge in [-0.3, -0.25) is 14.4 Å². The molecule has 1 aromatic rings. The van der Waals surface area contributed by atoms with Crippen LogP contribution in [0.15, 0.2) is 24.3 Å². The molecule has 1 aromatic carbocycles. The van der Waals surface area contributed by atoms with E-state index in [2.05, 4.69) is 10.6 Å². The maximum absolute atomic E-state index is 13.0. The SMILES string of the molecule is O=C(CO)CCCCCCC(=O)Nc1ccc(CN[C@H](C(=O)OC2CCCC2)C2CCCCC2)cc1. The third-order valence-corrected chi connectivity index (χ3v) is 7.51. The number of hydrogen-bond acceptors (Lipinski definition) is 6. The lowest BCUT2D eigenvalue weighted by molar-refractivity contribution is -0.153. The Balaban J connectivity index is 1.40. The summed E-state index contributed by atoms with van der Waals surface area (Å²) in [6, 6.07) is 7.53. The molecule has 0 radical (unpaired) electrons. The molecule has 0 aliphatic heterocycles. The normalized spacial score (nSPS) is 17.6. The van der Waals surface area contributed by atoms with Crippen molar-refractivity contribution in [3.8, 4) is 0 Å². The average Bonchev–Trinajstić information content (AvgIpc) is 3.40. The Morgan fingerprint density at radius 3 is 2.17 bits per heavy atom. The van der Waals surface area contributed by atoms with Crippen LogP contribution in [0.5, 0.6) is 0 Å². The highest BCUT2D eigenvalue weighted by Crippen LogP contribution is 2.29. The molecule has 2 aliphatic carbocycles. The van der Waals surface area contributed by atoms with Gasteiger partial charge in [0, 0.05) is 25.1 Å². The van der Waals surface area contributed by atoms with E-state index in [1.54, 1.807) is 0 Å². The summed E-state index contributed by atoms with van der Waals surface area (Å²) >= 11 is 0. The van der Waals surface area contributed by atoms with Gasteiger partial charge < -0.3 is 20.5 Å². The quantitative estimate of drug-likeness (QED) is 0.230. The predicted octanol–water partition coefficient (Wildman–Crippen LogP) is 5.05. The smallest absolute Gasteiger partial charge is 0.323 e. The van der Waals surface area contributed by atoms with E-state index >= 15 is 0 Å². The van der Waals surface area contributed by atoms with Crippen molar-refractivity contribution in [2.45, 2.75) is 115 Å². The van der Waals surface area contributed by atoms with Crippen molar-refractivity contribution in [2.75, 3.05) is 11.9 Å². The molecule has 36 heavy (non-hydrogen) atoms. The van der Waals surface area contributed by atoms with Crippen LogP contribution in [0.3, 0.4) is 0 Å². The molecule has 3 rings (SSSR count). The first kappa shape index (κ1) is 28.3. The molecule has 7 heteroatoms. The van der Waals surface area contributed by atoms with E-state index in [9.17, 15) is 14.4 Å². The second-order valence-electron chi connectivity index (χ2n) is 10.5. The van der Waals surface area contributed by atoms with Gasteiger partial charge in [-0.05, 0) is 75.0 Å². The Labute approximate surface area is 215 Å². The van der Waals surface area contributed by atoms with Gasteiger partial charge in [0.2, 0.25) is 5.91 Å². The van der Waals surface area contributed by atoms with Crippen molar-refractivity contribution < 1.29 is 24.2 Å². The summed E-state index contributed by atoms with van der Waals surface area (Å²) in [5, 5.41) is 15.2. The number of aliphatic hydroxyl groups is 1. The van der Waals surface area contributed by atoms with E-state index in [0.29, 0.717) is 25.3 Å². The first-order chi connectivity index (χ1) is 17.5. The second-order valence-corrected chi connectivity index (χ2v) is 10.5. The molecule has 0 saturated heterocycles. The topological polar surface area (TPSA) is 105 Å². The van der Waals surface area contributed by atoms with Gasteiger partial charge in [-0.1, -0.05) is 44.2 Å². The lowest BCUT2D eigenvalue weighted by atomic mass is 9.83. The first-order valence-electron chi connectivity index (χ1n) is 14.0. The number of rotatable bonds is 15. The molecule has 7 nitrogen and oxygen atoms in total. The highest BCUT2D eigenvalue weighted by atomic mass is 16.5. The first-order valence-corrected chi connectivity index (χ1v) is 14.0. The monoisotopic (exact) mass is 500 g/mol. The molecule has 0 bridgehead atoms. The Bertz CT molecular complexity index is 813. The number of anilines is 1. The number of hydrogen-bond donors (Lipinski definition) is 3. The minimum absolute atomic E-state index is 0.0145. The molecule has 0 aromatic heterocycles. The van der Waals surface area contributed by atoms with Crippen LogP contribution in [0.25, 0.3) is 0 Å². The Hall–Kier alpha value is -2.25. The number of ketones is 1. The number of benzene rings is 1. The molecule has 0 spiro atoms. The molecular formula is C29H44N2O5. The Morgan fingerprint density at radius 2 is 1.50 bits per heavy atom. The summed E-state index contributed by atoms with van der Waals surface area (Å²) in [5.74, 6) is 0.110. The molecule has 3 N–H and O–H groups in total. The van der Waals surface area contributed by atoms with Gasteiger partial charge in [-0.2, -0.15) is 0 Å². The largest absolute Gasteiger partial charge is 0.461 e. The van der Waals surface area contributed by atoms with Gasteiger partial charge in [0.25, 0.3) is 0 Å². The van der Waals surface area contributed by atoms with Crippen LogP contribution in [0.1, 0.15) is 102 Å². The summed E-state index contributed by atoms with van der Waals surface area (Å²) in [6.07, 6.45) is 14.3. The molecule has 200 valence electrons. The molecule has 0 unspecified atom stereocenters. The number of aliphatic hydroxyl groups excluding tert-OH is 1. The molecule has 2 saturated carbocycles. The molecule has 1 atom stereocenters. The summed E-state index contributed by atoms with van der Waals surface area (Å²) < 4.78 is 5.87. The number of nitrogens with one attached hydrogen (secondary N) is 2. The number of ether oxygens (including phenoxy) is 1. The zero-order chi connectivity index (χ0) is 25.6. The third-order valence-electron chi connectivity index (χ3n) is 7.51. The van der Waals surface area contributed by atoms with Gasteiger partial charge >= 0.3 is 5.97 Å². The van der Waals surface area contributed by atoms with E-state index in [0.717, 1.165) is 75.5 Å². The maximum atomic E-state index is 13.0. The zero-order valence-corrected chi connectivity index (χ0v) is 21.6. The van der Waals surface area contributed by atoms with E-state index in [4.69, 9.17) is 9.84 Å². The number of carbonyl (C=O) groups excluding carboxylic acids is 3. The minimum Gasteiger partial charge on any atom is -0.461 e. The molecule has 2 fully saturated rings. The van der Waals surface area contributed by atoms with Gasteiger partial charge in [-0.25, -0.2) is 0 Å².